The first-order valence-corrected chi connectivity index (χ1v) is 7.32. The Hall–Kier alpha value is -2.74. The number of amidine groups is 1. The summed E-state index contributed by atoms with van der Waals surface area (Å²) in [6, 6.07) is 8.93. The molecule has 2 aliphatic heterocycles. The summed E-state index contributed by atoms with van der Waals surface area (Å²) in [6.07, 6.45) is 0.736. The van der Waals surface area contributed by atoms with Gasteiger partial charge in [0.2, 0.25) is 11.9 Å². The molecule has 1 aromatic rings. The molecule has 1 atom stereocenters. The number of nitrogens with one attached hydrogen (secondary N) is 1. The van der Waals surface area contributed by atoms with Crippen LogP contribution >= 0.6 is 0 Å². The lowest BCUT2D eigenvalue weighted by molar-refractivity contribution is -0.536. The molecule has 3 amide bonds. The zero-order valence-electron chi connectivity index (χ0n) is 13.1. The average molecular weight is 315 g/mol. The summed E-state index contributed by atoms with van der Waals surface area (Å²) in [5.41, 5.74) is 3.68. The smallest absolute Gasteiger partial charge is 0.270 e. The topological polar surface area (TPSA) is 94.0 Å². The lowest BCUT2D eigenvalue weighted by atomic mass is 10.1. The van der Waals surface area contributed by atoms with Crippen LogP contribution in [0.25, 0.3) is 0 Å². The van der Waals surface area contributed by atoms with E-state index in [0.29, 0.717) is 18.3 Å². The number of rotatable bonds is 3. The lowest BCUT2D eigenvalue weighted by Crippen LogP contribution is -2.61. The number of nitrogens with two attached hydrogens (primary N) is 1. The van der Waals surface area contributed by atoms with Crippen LogP contribution in [0.2, 0.25) is 0 Å². The minimum absolute atomic E-state index is 0.301. The fraction of sp³-hybridized carbons (Fsp3) is 0.333. The zero-order chi connectivity index (χ0) is 16.6. The summed E-state index contributed by atoms with van der Waals surface area (Å²) in [5.74, 6) is 6.04. The van der Waals surface area contributed by atoms with Crippen LogP contribution in [0.1, 0.15) is 5.56 Å². The van der Waals surface area contributed by atoms with Crippen molar-refractivity contribution in [3.8, 4) is 0 Å². The zero-order valence-corrected chi connectivity index (χ0v) is 13.1. The highest BCUT2D eigenvalue weighted by Crippen LogP contribution is 2.18. The van der Waals surface area contributed by atoms with Crippen LogP contribution in [0.5, 0.6) is 0 Å². The number of fused-ring (bicyclic) bond motifs is 1. The van der Waals surface area contributed by atoms with Crippen LogP contribution in [-0.4, -0.2) is 64.8 Å². The van der Waals surface area contributed by atoms with Gasteiger partial charge in [-0.2, -0.15) is 5.84 Å². The molecule has 1 fully saturated rings. The van der Waals surface area contributed by atoms with Crippen molar-refractivity contribution in [1.29, 1.82) is 0 Å². The molecule has 0 saturated carbocycles. The van der Waals surface area contributed by atoms with E-state index in [1.165, 1.54) is 11.9 Å². The minimum Gasteiger partial charge on any atom is -0.270 e. The molecule has 3 rings (SSSR count). The van der Waals surface area contributed by atoms with Crippen LogP contribution < -0.4 is 11.3 Å². The van der Waals surface area contributed by atoms with Crippen LogP contribution in [0.4, 0.5) is 4.79 Å². The number of likely N-dealkylation sites (N-methyl/N-ethyl adjacent to an activating group) is 2. The molecule has 0 aromatic heterocycles. The van der Waals surface area contributed by atoms with E-state index >= 15 is 0 Å². The molecule has 8 heteroatoms. The first kappa shape index (κ1) is 15.2. The minimum atomic E-state index is -0.627. The molecule has 8 nitrogen and oxygen atoms in total. The largest absolute Gasteiger partial charge is 0.407 e. The molecule has 3 N–H and O–H groups in total. The number of carbonyl (C=O) groups is 2. The van der Waals surface area contributed by atoms with E-state index in [1.54, 1.807) is 11.6 Å². The van der Waals surface area contributed by atoms with Gasteiger partial charge in [0.05, 0.1) is 6.54 Å². The Morgan fingerprint density at radius 1 is 1.22 bits per heavy atom. The summed E-state index contributed by atoms with van der Waals surface area (Å²) in [7, 11) is 3.08. The highest BCUT2D eigenvalue weighted by Gasteiger charge is 2.51. The van der Waals surface area contributed by atoms with Gasteiger partial charge in [-0.3, -0.25) is 14.6 Å². The standard InChI is InChI=1S/C15H18N6O2/c1-19-12-11(13(22)20(2)15(19)23)21(14(17-12)18-16)9-8-10-6-4-3-5-7-10/h3-7,11H,8-9,16H2,1-2H3/p+1. The number of carbonyl (C=O) groups excluding carboxylic acids is 2. The van der Waals surface area contributed by atoms with E-state index in [4.69, 9.17) is 5.84 Å². The van der Waals surface area contributed by atoms with Crippen molar-refractivity contribution in [3.05, 3.63) is 35.9 Å². The van der Waals surface area contributed by atoms with E-state index in [2.05, 4.69) is 10.4 Å². The fourth-order valence-corrected chi connectivity index (χ4v) is 2.84. The Morgan fingerprint density at radius 2 is 1.91 bits per heavy atom. The summed E-state index contributed by atoms with van der Waals surface area (Å²) < 4.78 is 1.80. The maximum absolute atomic E-state index is 12.5. The number of hydrogen-bond acceptors (Lipinski definition) is 5. The second-order valence-corrected chi connectivity index (χ2v) is 5.51. The number of nitrogens with zero attached hydrogens (tertiary/aromatic N) is 4. The van der Waals surface area contributed by atoms with Gasteiger partial charge >= 0.3 is 12.0 Å². The van der Waals surface area contributed by atoms with Gasteiger partial charge in [0, 0.05) is 20.5 Å². The van der Waals surface area contributed by atoms with Crippen molar-refractivity contribution in [1.82, 2.24) is 15.2 Å². The molecule has 0 radical (unpaired) electrons. The predicted octanol–water partition coefficient (Wildman–Crippen LogP) is -0.635. The van der Waals surface area contributed by atoms with E-state index < -0.39 is 12.1 Å². The van der Waals surface area contributed by atoms with Crippen molar-refractivity contribution in [2.75, 3.05) is 20.6 Å². The van der Waals surface area contributed by atoms with Gasteiger partial charge in [0.15, 0.2) is 0 Å². The van der Waals surface area contributed by atoms with Gasteiger partial charge in [-0.1, -0.05) is 35.3 Å². The highest BCUT2D eigenvalue weighted by atomic mass is 16.2. The SMILES string of the molecule is CN1C(=O)C2C(=NC(NN)=[N+]2CCc2ccccc2)N(C)C1=O. The summed E-state index contributed by atoms with van der Waals surface area (Å²) in [4.78, 5) is 31.4. The Kier molecular flexibility index (Phi) is 3.83. The normalized spacial score (nSPS) is 20.8. The van der Waals surface area contributed by atoms with E-state index in [-0.39, 0.29) is 5.91 Å². The van der Waals surface area contributed by atoms with Gasteiger partial charge in [-0.15, -0.1) is 0 Å². The lowest BCUT2D eigenvalue weighted by Gasteiger charge is -2.31. The summed E-state index contributed by atoms with van der Waals surface area (Å²) in [5, 5.41) is 0. The fourth-order valence-electron chi connectivity index (χ4n) is 2.84. The summed E-state index contributed by atoms with van der Waals surface area (Å²) >= 11 is 0. The molecule has 120 valence electrons. The number of amides is 3. The van der Waals surface area contributed by atoms with Crippen LogP contribution in [-0.2, 0) is 11.2 Å². The average Bonchev–Trinajstić information content (AvgIpc) is 2.96. The number of aliphatic imine (C=N–C) groups is 1. The number of imide groups is 1. The predicted molar refractivity (Wildman–Crippen MR) is 84.8 cm³/mol. The maximum Gasteiger partial charge on any atom is 0.407 e. The second kappa shape index (κ2) is 5.81. The molecule has 1 unspecified atom stereocenters. The number of guanidine groups is 1. The molecule has 1 saturated heterocycles. The number of hydrogen-bond donors (Lipinski definition) is 2. The van der Waals surface area contributed by atoms with E-state index in [9.17, 15) is 9.59 Å². The molecule has 2 aliphatic rings. The molecule has 0 spiro atoms. The van der Waals surface area contributed by atoms with Crippen LogP contribution in [0.3, 0.4) is 0 Å². The van der Waals surface area contributed by atoms with Gasteiger partial charge in [0.1, 0.15) is 0 Å². The monoisotopic (exact) mass is 315 g/mol. The second-order valence-electron chi connectivity index (χ2n) is 5.51. The molecular weight excluding hydrogens is 296 g/mol. The molecule has 0 aliphatic carbocycles. The van der Waals surface area contributed by atoms with Gasteiger partial charge in [-0.25, -0.2) is 14.8 Å². The number of urea groups is 1. The van der Waals surface area contributed by atoms with E-state index in [0.717, 1.165) is 16.9 Å². The van der Waals surface area contributed by atoms with Crippen molar-refractivity contribution in [3.63, 3.8) is 0 Å². The van der Waals surface area contributed by atoms with Crippen molar-refractivity contribution >= 4 is 23.7 Å². The van der Waals surface area contributed by atoms with Crippen molar-refractivity contribution in [2.24, 2.45) is 10.8 Å². The Morgan fingerprint density at radius 3 is 2.57 bits per heavy atom. The molecule has 2 heterocycles. The third-order valence-corrected chi connectivity index (χ3v) is 4.14. The third kappa shape index (κ3) is 2.46. The van der Waals surface area contributed by atoms with Gasteiger partial charge in [0.25, 0.3) is 5.91 Å². The van der Waals surface area contributed by atoms with Crippen LogP contribution in [0.15, 0.2) is 35.3 Å². The number of benzene rings is 1. The Bertz CT molecular complexity index is 712. The van der Waals surface area contributed by atoms with Crippen molar-refractivity contribution in [2.45, 2.75) is 12.5 Å². The molecule has 23 heavy (non-hydrogen) atoms. The van der Waals surface area contributed by atoms with Crippen molar-refractivity contribution < 1.29 is 14.2 Å². The molecule has 1 aromatic carbocycles. The quantitative estimate of drug-likeness (QED) is 0.441. The maximum atomic E-state index is 12.5. The third-order valence-electron chi connectivity index (χ3n) is 4.14. The Labute approximate surface area is 133 Å². The van der Waals surface area contributed by atoms with E-state index in [1.807, 2.05) is 30.3 Å². The van der Waals surface area contributed by atoms with Crippen LogP contribution in [0, 0.1) is 0 Å². The first-order chi connectivity index (χ1) is 11.0. The highest BCUT2D eigenvalue weighted by molar-refractivity contribution is 6.22. The molecule has 0 bridgehead atoms. The molecular formula is C15H19N6O2+. The summed E-state index contributed by atoms with van der Waals surface area (Å²) in [6.45, 7) is 0.558. The van der Waals surface area contributed by atoms with Gasteiger partial charge < -0.3 is 0 Å². The number of hydrazine groups is 1. The Balaban J connectivity index is 1.87. The van der Waals surface area contributed by atoms with Gasteiger partial charge in [-0.05, 0) is 5.56 Å². The first-order valence-electron chi connectivity index (χ1n) is 7.32.